The molecule has 0 saturated carbocycles. The van der Waals surface area contributed by atoms with Crippen LogP contribution in [-0.4, -0.2) is 11.1 Å². The van der Waals surface area contributed by atoms with Gasteiger partial charge in [0.15, 0.2) is 0 Å². The molecule has 0 fully saturated rings. The van der Waals surface area contributed by atoms with Crippen LogP contribution in [0.5, 0.6) is 5.75 Å². The monoisotopic (exact) mass is 210 g/mol. The van der Waals surface area contributed by atoms with Crippen molar-refractivity contribution < 1.29 is 44.6 Å². The van der Waals surface area contributed by atoms with E-state index in [1.807, 2.05) is 0 Å². The Hall–Kier alpha value is -0.220. The summed E-state index contributed by atoms with van der Waals surface area (Å²) in [6.07, 6.45) is 0. The van der Waals surface area contributed by atoms with Gasteiger partial charge in [0.2, 0.25) is 0 Å². The smallest absolute Gasteiger partial charge is 0.872 e. The first kappa shape index (κ1) is 15.3. The predicted molar refractivity (Wildman–Crippen MR) is 44.2 cm³/mol. The van der Waals surface area contributed by atoms with Crippen molar-refractivity contribution in [1.29, 1.82) is 0 Å². The maximum absolute atomic E-state index is 10.4. The Morgan fingerprint density at radius 1 is 1.38 bits per heavy atom. The van der Waals surface area contributed by atoms with Gasteiger partial charge < -0.3 is 10.2 Å². The molecule has 0 spiro atoms. The van der Waals surface area contributed by atoms with E-state index in [9.17, 15) is 5.11 Å². The van der Waals surface area contributed by atoms with Gasteiger partial charge in [-0.05, 0) is 12.1 Å². The van der Waals surface area contributed by atoms with Crippen molar-refractivity contribution in [3.63, 3.8) is 0 Å². The maximum Gasteiger partial charge on any atom is 1.00 e. The number of hydrogen-bond donors (Lipinski definition) is 1. The molecule has 13 heavy (non-hydrogen) atoms. The van der Waals surface area contributed by atoms with Crippen LogP contribution < -0.4 is 34.7 Å². The number of benzene rings is 1. The average molecular weight is 211 g/mol. The molecule has 0 unspecified atom stereocenters. The van der Waals surface area contributed by atoms with Gasteiger partial charge in [-0.15, -0.1) is 5.75 Å². The molecule has 0 aromatic heterocycles. The van der Waals surface area contributed by atoms with Crippen molar-refractivity contribution in [2.45, 2.75) is 6.92 Å². The van der Waals surface area contributed by atoms with Crippen molar-refractivity contribution >= 4 is 17.6 Å². The number of carboxylic acids is 1. The van der Waals surface area contributed by atoms with Crippen molar-refractivity contribution in [3.05, 3.63) is 29.3 Å². The Morgan fingerprint density at radius 2 is 1.69 bits per heavy atom. The molecule has 1 rings (SSSR count). The van der Waals surface area contributed by atoms with Crippen molar-refractivity contribution in [2.75, 3.05) is 0 Å². The maximum atomic E-state index is 10.4. The van der Waals surface area contributed by atoms with E-state index in [1.165, 1.54) is 12.1 Å². The van der Waals surface area contributed by atoms with Crippen LogP contribution in [0.15, 0.2) is 24.3 Å². The fourth-order valence-corrected chi connectivity index (χ4v) is 0.561. The summed E-state index contributed by atoms with van der Waals surface area (Å²) < 4.78 is 0. The number of rotatable bonds is 0. The van der Waals surface area contributed by atoms with Crippen LogP contribution in [0.2, 0.25) is 5.02 Å². The third-order valence-corrected chi connectivity index (χ3v) is 1.07. The van der Waals surface area contributed by atoms with Crippen molar-refractivity contribution in [2.24, 2.45) is 0 Å². The van der Waals surface area contributed by atoms with E-state index in [2.05, 4.69) is 0 Å². The van der Waals surface area contributed by atoms with Gasteiger partial charge >= 0.3 is 29.6 Å². The fraction of sp³-hybridized carbons (Fsp3) is 0.125. The zero-order chi connectivity index (χ0) is 9.56. The molecule has 0 aliphatic heterocycles. The molecule has 0 amide bonds. The van der Waals surface area contributed by atoms with Gasteiger partial charge in [-0.25, -0.2) is 0 Å². The fourth-order valence-electron chi connectivity index (χ4n) is 0.435. The molecule has 0 radical (unpaired) electrons. The van der Waals surface area contributed by atoms with Gasteiger partial charge in [-0.1, -0.05) is 23.7 Å². The number of aliphatic carboxylic acids is 1. The Bertz CT molecular complexity index is 223. The SMILES string of the molecule is CC(=O)O.[Na+].[O-]c1ccc(Cl)cc1. The Morgan fingerprint density at radius 3 is 1.92 bits per heavy atom. The number of hydrogen-bond acceptors (Lipinski definition) is 2. The minimum Gasteiger partial charge on any atom is -0.872 e. The molecule has 0 atom stereocenters. The van der Waals surface area contributed by atoms with Gasteiger partial charge in [0.1, 0.15) is 0 Å². The van der Waals surface area contributed by atoms with E-state index < -0.39 is 5.97 Å². The van der Waals surface area contributed by atoms with Gasteiger partial charge in [-0.2, -0.15) is 0 Å². The predicted octanol–water partition coefficient (Wildman–Crippen LogP) is -1.49. The van der Waals surface area contributed by atoms with Crippen LogP contribution in [0.4, 0.5) is 0 Å². The molecule has 1 aromatic carbocycles. The molecule has 0 aliphatic carbocycles. The van der Waals surface area contributed by atoms with Gasteiger partial charge in [0.25, 0.3) is 5.97 Å². The van der Waals surface area contributed by atoms with E-state index >= 15 is 0 Å². The molecule has 1 aromatic rings. The summed E-state index contributed by atoms with van der Waals surface area (Å²) in [6, 6.07) is 6.01. The zero-order valence-electron chi connectivity index (χ0n) is 7.45. The molecular formula is C8H8ClNaO3. The van der Waals surface area contributed by atoms with Gasteiger partial charge in [0, 0.05) is 11.9 Å². The molecule has 0 saturated heterocycles. The average Bonchev–Trinajstić information content (AvgIpc) is 1.94. The Kier molecular flexibility index (Phi) is 9.84. The van der Waals surface area contributed by atoms with E-state index in [0.29, 0.717) is 5.02 Å². The van der Waals surface area contributed by atoms with E-state index in [4.69, 9.17) is 21.5 Å². The molecule has 0 bridgehead atoms. The molecular weight excluding hydrogens is 203 g/mol. The van der Waals surface area contributed by atoms with Crippen LogP contribution in [0.3, 0.4) is 0 Å². The largest absolute Gasteiger partial charge is 1.00 e. The molecule has 0 heterocycles. The van der Waals surface area contributed by atoms with Gasteiger partial charge in [0.05, 0.1) is 0 Å². The van der Waals surface area contributed by atoms with Crippen LogP contribution in [0.25, 0.3) is 0 Å². The summed E-state index contributed by atoms with van der Waals surface area (Å²) in [7, 11) is 0. The second kappa shape index (κ2) is 8.38. The molecule has 1 N–H and O–H groups in total. The normalized spacial score (nSPS) is 7.54. The molecule has 3 nitrogen and oxygen atoms in total. The summed E-state index contributed by atoms with van der Waals surface area (Å²) in [5.74, 6) is -0.839. The first-order chi connectivity index (χ1) is 5.52. The number of carboxylic acid groups (broad SMARTS) is 1. The zero-order valence-corrected chi connectivity index (χ0v) is 10.2. The van der Waals surface area contributed by atoms with Gasteiger partial charge in [-0.3, -0.25) is 4.79 Å². The summed E-state index contributed by atoms with van der Waals surface area (Å²) in [5, 5.41) is 18.4. The van der Waals surface area contributed by atoms with E-state index in [0.717, 1.165) is 6.92 Å². The second-order valence-corrected chi connectivity index (χ2v) is 2.41. The molecule has 5 heteroatoms. The summed E-state index contributed by atoms with van der Waals surface area (Å²) in [5.41, 5.74) is 0. The number of carbonyl (C=O) groups is 1. The number of halogens is 1. The van der Waals surface area contributed by atoms with Crippen molar-refractivity contribution in [1.82, 2.24) is 0 Å². The Balaban J connectivity index is 0. The second-order valence-electron chi connectivity index (χ2n) is 1.97. The quantitative estimate of drug-likeness (QED) is 0.531. The standard InChI is InChI=1S/C6H5ClO.C2H4O2.Na/c7-5-1-3-6(8)4-2-5;1-2(3)4;/h1-4,8H;1H3,(H,3,4);/q;;+1/p-1. The third-order valence-electron chi connectivity index (χ3n) is 0.814. The van der Waals surface area contributed by atoms with Crippen LogP contribution in [-0.2, 0) is 4.79 Å². The third kappa shape index (κ3) is 11.8. The van der Waals surface area contributed by atoms with Crippen molar-refractivity contribution in [3.8, 4) is 5.75 Å². The minimum atomic E-state index is -0.833. The first-order valence-electron chi connectivity index (χ1n) is 3.14. The van der Waals surface area contributed by atoms with Crippen LogP contribution in [0.1, 0.15) is 6.92 Å². The Labute approximate surface area is 104 Å². The molecule has 66 valence electrons. The summed E-state index contributed by atoms with van der Waals surface area (Å²) in [4.78, 5) is 9.00. The first-order valence-corrected chi connectivity index (χ1v) is 3.52. The van der Waals surface area contributed by atoms with Crippen LogP contribution in [0, 0.1) is 0 Å². The topological polar surface area (TPSA) is 60.4 Å². The summed E-state index contributed by atoms with van der Waals surface area (Å²) >= 11 is 5.47. The minimum absolute atomic E-state index is 0. The van der Waals surface area contributed by atoms with Crippen LogP contribution >= 0.6 is 11.6 Å². The summed E-state index contributed by atoms with van der Waals surface area (Å²) in [6.45, 7) is 1.08. The van der Waals surface area contributed by atoms with E-state index in [1.54, 1.807) is 12.1 Å². The molecule has 0 aliphatic rings. The van der Waals surface area contributed by atoms with E-state index in [-0.39, 0.29) is 35.3 Å².